The van der Waals surface area contributed by atoms with Crippen LogP contribution in [0.3, 0.4) is 0 Å². The SMILES string of the molecule is CC(C)(C)[Si](C)(C)O[Si]CC[C@]1(C)[C@H](O[Si](C)(C)C(C)(C)C)C[C@@H]2Oc3c(C(=O)O)cc(Br)cc3[C@@H]21. The largest absolute Gasteiger partial charge is 0.488 e. The summed E-state index contributed by atoms with van der Waals surface area (Å²) in [7, 11) is -3.37. The van der Waals surface area contributed by atoms with Crippen LogP contribution in [0, 0.1) is 5.41 Å². The van der Waals surface area contributed by atoms with Crippen molar-refractivity contribution < 1.29 is 23.2 Å². The first-order valence-corrected chi connectivity index (χ1v) is 20.8. The van der Waals surface area contributed by atoms with Crippen LogP contribution in [0.4, 0.5) is 0 Å². The second-order valence-corrected chi connectivity index (χ2v) is 25.7. The molecule has 0 saturated heterocycles. The predicted octanol–water partition coefficient (Wildman–Crippen LogP) is 8.24. The minimum atomic E-state index is -2.02. The maximum Gasteiger partial charge on any atom is 0.339 e. The third kappa shape index (κ3) is 5.61. The Morgan fingerprint density at radius 2 is 1.72 bits per heavy atom. The summed E-state index contributed by atoms with van der Waals surface area (Å²) in [6.07, 6.45) is 1.73. The van der Waals surface area contributed by atoms with Crippen molar-refractivity contribution in [3.8, 4) is 5.75 Å². The molecule has 1 fully saturated rings. The first-order valence-electron chi connectivity index (χ1n) is 13.0. The molecule has 4 atom stereocenters. The van der Waals surface area contributed by atoms with E-state index in [0.717, 1.165) is 28.9 Å². The van der Waals surface area contributed by atoms with Gasteiger partial charge in [-0.05, 0) is 60.9 Å². The Bertz CT molecular complexity index is 998. The van der Waals surface area contributed by atoms with Gasteiger partial charge in [0.15, 0.2) is 16.6 Å². The summed E-state index contributed by atoms with van der Waals surface area (Å²) in [5.74, 6) is -0.319. The monoisotopic (exact) mass is 612 g/mol. The normalized spacial score (nSPS) is 26.5. The highest BCUT2D eigenvalue weighted by Crippen LogP contribution is 2.61. The van der Waals surface area contributed by atoms with Crippen LogP contribution in [-0.4, -0.2) is 49.7 Å². The lowest BCUT2D eigenvalue weighted by molar-refractivity contribution is 0.0623. The molecule has 36 heavy (non-hydrogen) atoms. The molecule has 0 spiro atoms. The minimum absolute atomic E-state index is 0.0615. The first-order chi connectivity index (χ1) is 16.2. The number of fused-ring (bicyclic) bond motifs is 3. The molecule has 1 aliphatic carbocycles. The fraction of sp³-hybridized carbons (Fsp3) is 0.741. The van der Waals surface area contributed by atoms with Gasteiger partial charge in [0.25, 0.3) is 0 Å². The van der Waals surface area contributed by atoms with Gasteiger partial charge in [0.1, 0.15) is 17.4 Å². The molecule has 1 aliphatic heterocycles. The maximum atomic E-state index is 12.0. The third-order valence-corrected chi connectivity index (χ3v) is 21.0. The molecule has 0 amide bonds. The van der Waals surface area contributed by atoms with Crippen LogP contribution in [0.5, 0.6) is 5.75 Å². The number of ether oxygens (including phenoxy) is 1. The topological polar surface area (TPSA) is 65.0 Å². The lowest BCUT2D eigenvalue weighted by Crippen LogP contribution is -2.48. The Balaban J connectivity index is 1.94. The molecule has 0 bridgehead atoms. The van der Waals surface area contributed by atoms with Gasteiger partial charge in [0.05, 0.1) is 6.10 Å². The van der Waals surface area contributed by atoms with Gasteiger partial charge < -0.3 is 18.4 Å². The Labute approximate surface area is 231 Å². The van der Waals surface area contributed by atoms with Crippen LogP contribution < -0.4 is 4.74 Å². The third-order valence-electron chi connectivity index (χ3n) is 9.32. The van der Waals surface area contributed by atoms with Crippen molar-refractivity contribution in [3.05, 3.63) is 27.7 Å². The fourth-order valence-electron chi connectivity index (χ4n) is 4.94. The molecule has 3 rings (SSSR count). The Morgan fingerprint density at radius 1 is 1.14 bits per heavy atom. The molecule has 9 heteroatoms. The standard InChI is InChI=1S/C27H45BrO5Si3/c1-25(2,3)35(8,9)32-21-16-20-22(18-14-17(28)15-19(24(29)30)23(18)31-20)27(21,7)12-13-34-33-36(10,11)26(4,5)6/h14-15,20-22H,12-13,16H2,1-11H3,(H,29,30)/t20-,21+,22-,27+/m0/s1. The summed E-state index contributed by atoms with van der Waals surface area (Å²) in [6, 6.07) is 4.68. The molecule has 2 radical (unpaired) electrons. The van der Waals surface area contributed by atoms with E-state index in [9.17, 15) is 9.90 Å². The minimum Gasteiger partial charge on any atom is -0.488 e. The number of rotatable bonds is 8. The van der Waals surface area contributed by atoms with Gasteiger partial charge in [-0.25, -0.2) is 4.79 Å². The number of carboxylic acid groups (broad SMARTS) is 1. The molecule has 1 N–H and O–H groups in total. The van der Waals surface area contributed by atoms with E-state index in [4.69, 9.17) is 13.3 Å². The zero-order chi connectivity index (χ0) is 27.5. The summed E-state index contributed by atoms with van der Waals surface area (Å²) in [5.41, 5.74) is 1.07. The number of hydrogen-bond donors (Lipinski definition) is 1. The molecular weight excluding hydrogens is 568 g/mol. The number of aromatic carboxylic acids is 1. The molecular formula is C27H45BrO5Si3. The number of carbonyl (C=O) groups is 1. The van der Waals surface area contributed by atoms with E-state index in [1.54, 1.807) is 6.07 Å². The average molecular weight is 614 g/mol. The zero-order valence-corrected chi connectivity index (χ0v) is 28.6. The van der Waals surface area contributed by atoms with Crippen molar-refractivity contribution in [2.24, 2.45) is 5.41 Å². The number of hydrogen-bond acceptors (Lipinski definition) is 4. The Morgan fingerprint density at radius 3 is 2.25 bits per heavy atom. The van der Waals surface area contributed by atoms with Crippen molar-refractivity contribution >= 4 is 48.3 Å². The van der Waals surface area contributed by atoms with Crippen molar-refractivity contribution in [2.75, 3.05) is 0 Å². The lowest BCUT2D eigenvalue weighted by atomic mass is 9.72. The molecule has 1 saturated carbocycles. The molecule has 1 heterocycles. The van der Waals surface area contributed by atoms with Gasteiger partial charge in [-0.15, -0.1) is 0 Å². The molecule has 2 aliphatic rings. The van der Waals surface area contributed by atoms with Gasteiger partial charge in [0.2, 0.25) is 9.76 Å². The van der Waals surface area contributed by atoms with E-state index in [2.05, 4.69) is 96.7 Å². The summed E-state index contributed by atoms with van der Waals surface area (Å²) in [6.45, 7) is 25.3. The highest BCUT2D eigenvalue weighted by Gasteiger charge is 2.59. The first kappa shape index (κ1) is 30.1. The van der Waals surface area contributed by atoms with Crippen LogP contribution in [0.25, 0.3) is 0 Å². The molecule has 1 aromatic carbocycles. The molecule has 1 aromatic rings. The van der Waals surface area contributed by atoms with Crippen LogP contribution in [0.1, 0.15) is 83.1 Å². The zero-order valence-electron chi connectivity index (χ0n) is 24.0. The maximum absolute atomic E-state index is 12.0. The second kappa shape index (κ2) is 9.93. The van der Waals surface area contributed by atoms with E-state index in [0.29, 0.717) is 15.5 Å². The van der Waals surface area contributed by atoms with Crippen LogP contribution >= 0.6 is 15.9 Å². The molecule has 0 aromatic heterocycles. The summed E-state index contributed by atoms with van der Waals surface area (Å²) in [4.78, 5) is 12.0. The lowest BCUT2D eigenvalue weighted by Gasteiger charge is -2.44. The van der Waals surface area contributed by atoms with Crippen LogP contribution in [-0.2, 0) is 8.54 Å². The van der Waals surface area contributed by atoms with E-state index < -0.39 is 22.6 Å². The van der Waals surface area contributed by atoms with Crippen LogP contribution in [0.2, 0.25) is 42.3 Å². The highest BCUT2D eigenvalue weighted by molar-refractivity contribution is 9.10. The summed E-state index contributed by atoms with van der Waals surface area (Å²) >= 11 is 3.56. The summed E-state index contributed by atoms with van der Waals surface area (Å²) < 4.78 is 20.9. The highest BCUT2D eigenvalue weighted by atomic mass is 79.9. The van der Waals surface area contributed by atoms with Crippen molar-refractivity contribution in [1.82, 2.24) is 0 Å². The fourth-order valence-corrected chi connectivity index (χ4v) is 10.6. The van der Waals surface area contributed by atoms with Crippen molar-refractivity contribution in [1.29, 1.82) is 0 Å². The molecule has 202 valence electrons. The predicted molar refractivity (Wildman–Crippen MR) is 157 cm³/mol. The Kier molecular flexibility index (Phi) is 8.30. The number of halogens is 1. The van der Waals surface area contributed by atoms with Gasteiger partial charge in [-0.2, -0.15) is 0 Å². The number of benzene rings is 1. The van der Waals surface area contributed by atoms with Gasteiger partial charge in [-0.1, -0.05) is 64.4 Å². The van der Waals surface area contributed by atoms with E-state index >= 15 is 0 Å². The van der Waals surface area contributed by atoms with Crippen molar-refractivity contribution in [2.45, 2.75) is 122 Å². The van der Waals surface area contributed by atoms with E-state index in [1.807, 2.05) is 0 Å². The number of carboxylic acids is 1. The van der Waals surface area contributed by atoms with Gasteiger partial charge in [-0.3, -0.25) is 0 Å². The molecule has 0 unspecified atom stereocenters. The van der Waals surface area contributed by atoms with E-state index in [1.165, 1.54) is 0 Å². The quantitative estimate of drug-likeness (QED) is 0.236. The smallest absolute Gasteiger partial charge is 0.339 e. The van der Waals surface area contributed by atoms with Crippen molar-refractivity contribution in [3.63, 3.8) is 0 Å². The van der Waals surface area contributed by atoms with Gasteiger partial charge >= 0.3 is 5.97 Å². The Hall–Kier alpha value is -0.459. The van der Waals surface area contributed by atoms with E-state index in [-0.39, 0.29) is 39.2 Å². The molecule has 5 nitrogen and oxygen atoms in total. The second-order valence-electron chi connectivity index (χ2n) is 13.9. The summed E-state index contributed by atoms with van der Waals surface area (Å²) in [5, 5.41) is 10.1. The van der Waals surface area contributed by atoms with Crippen LogP contribution in [0.15, 0.2) is 16.6 Å². The average Bonchev–Trinajstić information content (AvgIpc) is 3.17. The van der Waals surface area contributed by atoms with Gasteiger partial charge in [0, 0.05) is 27.8 Å².